The molecular formula is C23H23F2N5O4. The second kappa shape index (κ2) is 8.00. The molecule has 3 aliphatic rings. The summed E-state index contributed by atoms with van der Waals surface area (Å²) in [6.07, 6.45) is 4.94. The van der Waals surface area contributed by atoms with Crippen LogP contribution < -0.4 is 10.9 Å². The Morgan fingerprint density at radius 2 is 1.79 bits per heavy atom. The monoisotopic (exact) mass is 471 g/mol. The van der Waals surface area contributed by atoms with Crippen molar-refractivity contribution in [2.24, 2.45) is 12.5 Å². The fourth-order valence-electron chi connectivity index (χ4n) is 5.08. The smallest absolute Gasteiger partial charge is 0.266 e. The first-order valence-corrected chi connectivity index (χ1v) is 11.1. The minimum atomic E-state index is -1.17. The number of carbonyl (C=O) groups excluding carboxylic acids is 1. The normalized spacial score (nSPS) is 23.7. The summed E-state index contributed by atoms with van der Waals surface area (Å²) in [6, 6.07) is 4.62. The Balaban J connectivity index is 1.25. The van der Waals surface area contributed by atoms with Gasteiger partial charge in [-0.25, -0.2) is 13.5 Å². The van der Waals surface area contributed by atoms with Crippen LogP contribution in [0.5, 0.6) is 5.75 Å². The first-order valence-electron chi connectivity index (χ1n) is 11.1. The third-order valence-corrected chi connectivity index (χ3v) is 7.37. The number of phenolic OH excluding ortho intramolecular Hbond substituents is 1. The highest BCUT2D eigenvalue weighted by atomic mass is 19.1. The molecule has 0 aliphatic heterocycles. The summed E-state index contributed by atoms with van der Waals surface area (Å²) < 4.78 is 34.0. The van der Waals surface area contributed by atoms with Gasteiger partial charge in [0, 0.05) is 30.6 Å². The van der Waals surface area contributed by atoms with E-state index < -0.39 is 23.3 Å². The molecule has 3 aromatic rings. The van der Waals surface area contributed by atoms with Crippen molar-refractivity contribution in [1.82, 2.24) is 25.2 Å². The number of aromatic nitrogens is 4. The molecular weight excluding hydrogens is 448 g/mol. The standard InChI is InChI=1S/C23H23F2N5O4/c1-30-17(31)3-2-16(28-30)19-27-21(34-29-19)23-7-4-22(5-8-23,6-9-23)12-26-20(33)13-10-14(24)18(32)15(25)11-13/h2-3,10-11,32H,4-9,12H2,1H3,(H,26,33). The van der Waals surface area contributed by atoms with E-state index in [0.717, 1.165) is 50.7 Å². The van der Waals surface area contributed by atoms with Crippen molar-refractivity contribution >= 4 is 5.91 Å². The van der Waals surface area contributed by atoms with E-state index in [-0.39, 0.29) is 22.0 Å². The molecule has 2 heterocycles. The lowest BCUT2D eigenvalue weighted by Gasteiger charge is -2.51. The first kappa shape index (κ1) is 22.2. The highest BCUT2D eigenvalue weighted by Gasteiger charge is 2.52. The van der Waals surface area contributed by atoms with Gasteiger partial charge in [-0.15, -0.1) is 0 Å². The van der Waals surface area contributed by atoms with E-state index >= 15 is 0 Å². The summed E-state index contributed by atoms with van der Waals surface area (Å²) in [4.78, 5) is 28.6. The summed E-state index contributed by atoms with van der Waals surface area (Å²) in [5, 5.41) is 20.3. The molecule has 178 valence electrons. The maximum atomic E-state index is 13.6. The molecule has 6 rings (SSSR count). The van der Waals surface area contributed by atoms with Crippen molar-refractivity contribution in [3.05, 3.63) is 57.7 Å². The number of phenols is 1. The van der Waals surface area contributed by atoms with Crippen LogP contribution in [0.4, 0.5) is 8.78 Å². The molecule has 2 aromatic heterocycles. The van der Waals surface area contributed by atoms with E-state index in [9.17, 15) is 23.5 Å². The van der Waals surface area contributed by atoms with Crippen LogP contribution in [0.2, 0.25) is 0 Å². The molecule has 3 fully saturated rings. The van der Waals surface area contributed by atoms with E-state index in [1.807, 2.05) is 0 Å². The van der Waals surface area contributed by atoms with Crippen molar-refractivity contribution in [3.63, 3.8) is 0 Å². The Hall–Kier alpha value is -3.63. The van der Waals surface area contributed by atoms with E-state index in [2.05, 4.69) is 20.6 Å². The quantitative estimate of drug-likeness (QED) is 0.587. The number of benzene rings is 1. The van der Waals surface area contributed by atoms with Crippen LogP contribution >= 0.6 is 0 Å². The Kier molecular flexibility index (Phi) is 5.22. The molecule has 3 aliphatic carbocycles. The number of hydrogen-bond donors (Lipinski definition) is 2. The summed E-state index contributed by atoms with van der Waals surface area (Å²) in [7, 11) is 1.56. The van der Waals surface area contributed by atoms with Gasteiger partial charge >= 0.3 is 0 Å². The zero-order chi connectivity index (χ0) is 24.1. The van der Waals surface area contributed by atoms with Gasteiger partial charge in [-0.05, 0) is 62.1 Å². The van der Waals surface area contributed by atoms with Crippen LogP contribution in [0, 0.1) is 17.0 Å². The molecule has 0 saturated heterocycles. The first-order chi connectivity index (χ1) is 16.2. The second-order valence-electron chi connectivity index (χ2n) is 9.36. The van der Waals surface area contributed by atoms with Gasteiger partial charge in [-0.3, -0.25) is 9.59 Å². The van der Waals surface area contributed by atoms with Crippen LogP contribution in [-0.4, -0.2) is 37.5 Å². The van der Waals surface area contributed by atoms with E-state index in [1.54, 1.807) is 13.1 Å². The number of aromatic hydroxyl groups is 1. The Labute approximate surface area is 192 Å². The lowest BCUT2D eigenvalue weighted by molar-refractivity contribution is 0.0229. The van der Waals surface area contributed by atoms with E-state index in [1.165, 1.54) is 10.7 Å². The van der Waals surface area contributed by atoms with Crippen LogP contribution in [0.15, 0.2) is 33.6 Å². The number of nitrogens with one attached hydrogen (secondary N) is 1. The maximum Gasteiger partial charge on any atom is 0.266 e. The van der Waals surface area contributed by atoms with Gasteiger partial charge in [0.05, 0.1) is 0 Å². The van der Waals surface area contributed by atoms with Crippen molar-refractivity contribution in [3.8, 4) is 17.3 Å². The maximum absolute atomic E-state index is 13.6. The van der Waals surface area contributed by atoms with Gasteiger partial charge in [-0.2, -0.15) is 10.1 Å². The Morgan fingerprint density at radius 3 is 2.41 bits per heavy atom. The number of nitrogens with zero attached hydrogens (tertiary/aromatic N) is 4. The Bertz CT molecular complexity index is 1290. The van der Waals surface area contributed by atoms with Crippen molar-refractivity contribution < 1.29 is 23.2 Å². The second-order valence-corrected chi connectivity index (χ2v) is 9.36. The topological polar surface area (TPSA) is 123 Å². The van der Waals surface area contributed by atoms with Crippen molar-refractivity contribution in [1.29, 1.82) is 0 Å². The number of rotatable bonds is 5. The van der Waals surface area contributed by atoms with Crippen molar-refractivity contribution in [2.45, 2.75) is 43.9 Å². The third kappa shape index (κ3) is 3.74. The molecule has 2 bridgehead atoms. The predicted molar refractivity (Wildman–Crippen MR) is 115 cm³/mol. The third-order valence-electron chi connectivity index (χ3n) is 7.37. The lowest BCUT2D eigenvalue weighted by atomic mass is 9.53. The molecule has 1 amide bonds. The fraction of sp³-hybridized carbons (Fsp3) is 0.435. The van der Waals surface area contributed by atoms with E-state index in [4.69, 9.17) is 4.52 Å². The summed E-state index contributed by atoms with van der Waals surface area (Å²) in [5.74, 6) is -3.12. The number of amides is 1. The molecule has 0 atom stereocenters. The zero-order valence-corrected chi connectivity index (χ0v) is 18.5. The molecule has 0 radical (unpaired) electrons. The molecule has 2 N–H and O–H groups in total. The van der Waals surface area contributed by atoms with Gasteiger partial charge in [0.1, 0.15) is 5.69 Å². The highest BCUT2D eigenvalue weighted by Crippen LogP contribution is 2.57. The van der Waals surface area contributed by atoms with Crippen LogP contribution in [0.3, 0.4) is 0 Å². The molecule has 11 heteroatoms. The van der Waals surface area contributed by atoms with Gasteiger partial charge in [0.2, 0.25) is 11.7 Å². The largest absolute Gasteiger partial charge is 0.503 e. The molecule has 9 nitrogen and oxygen atoms in total. The minimum absolute atomic E-state index is 0.104. The van der Waals surface area contributed by atoms with Crippen LogP contribution in [0.1, 0.15) is 54.8 Å². The highest BCUT2D eigenvalue weighted by molar-refractivity contribution is 5.94. The predicted octanol–water partition coefficient (Wildman–Crippen LogP) is 2.84. The SMILES string of the molecule is Cn1nc(-c2noc(C34CCC(CNC(=O)c5cc(F)c(O)c(F)c5)(CC3)CC4)n2)ccc1=O. The molecule has 34 heavy (non-hydrogen) atoms. The number of halogens is 2. The molecule has 3 saturated carbocycles. The number of aryl methyl sites for hydroxylation is 1. The summed E-state index contributed by atoms with van der Waals surface area (Å²) >= 11 is 0. The van der Waals surface area contributed by atoms with Crippen LogP contribution in [-0.2, 0) is 12.5 Å². The molecule has 1 aromatic carbocycles. The summed E-state index contributed by atoms with van der Waals surface area (Å²) in [6.45, 7) is 0.392. The zero-order valence-electron chi connectivity index (χ0n) is 18.5. The number of hydrogen-bond acceptors (Lipinski definition) is 7. The van der Waals surface area contributed by atoms with Crippen molar-refractivity contribution in [2.75, 3.05) is 6.54 Å². The molecule has 0 unspecified atom stereocenters. The minimum Gasteiger partial charge on any atom is -0.503 e. The fourth-order valence-corrected chi connectivity index (χ4v) is 5.08. The Morgan fingerprint density at radius 1 is 1.15 bits per heavy atom. The number of fused-ring (bicyclic) bond motifs is 3. The molecule has 0 spiro atoms. The van der Waals surface area contributed by atoms with E-state index in [0.29, 0.717) is 24.0 Å². The lowest BCUT2D eigenvalue weighted by Crippen LogP contribution is -2.49. The average molecular weight is 471 g/mol. The van der Waals surface area contributed by atoms with Crippen LogP contribution in [0.25, 0.3) is 11.5 Å². The van der Waals surface area contributed by atoms with Gasteiger partial charge in [0.25, 0.3) is 11.5 Å². The number of carbonyl (C=O) groups is 1. The van der Waals surface area contributed by atoms with Gasteiger partial charge in [0.15, 0.2) is 17.4 Å². The van der Waals surface area contributed by atoms with Gasteiger partial charge < -0.3 is 14.9 Å². The summed E-state index contributed by atoms with van der Waals surface area (Å²) in [5.41, 5.74) is -0.279. The van der Waals surface area contributed by atoms with Gasteiger partial charge in [-0.1, -0.05) is 5.16 Å². The average Bonchev–Trinajstić information content (AvgIpc) is 3.35.